The van der Waals surface area contributed by atoms with Crippen molar-refractivity contribution in [2.75, 3.05) is 13.1 Å². The van der Waals surface area contributed by atoms with Crippen LogP contribution in [0.15, 0.2) is 0 Å². The zero-order chi connectivity index (χ0) is 9.14. The van der Waals surface area contributed by atoms with Gasteiger partial charge in [-0.15, -0.1) is 0 Å². The highest BCUT2D eigenvalue weighted by Gasteiger charge is 2.21. The largest absolute Gasteiger partial charge is 0.326 e. The van der Waals surface area contributed by atoms with E-state index >= 15 is 0 Å². The molecule has 1 fully saturated rings. The zero-order valence-electron chi connectivity index (χ0n) is 8.38. The minimum atomic E-state index is 0.347. The minimum Gasteiger partial charge on any atom is -0.326 e. The summed E-state index contributed by atoms with van der Waals surface area (Å²) in [6.07, 6.45) is 1.16. The smallest absolute Gasteiger partial charge is 0.0283 e. The van der Waals surface area contributed by atoms with Crippen molar-refractivity contribution < 1.29 is 0 Å². The maximum atomic E-state index is 5.91. The molecule has 0 amide bonds. The van der Waals surface area contributed by atoms with Crippen LogP contribution in [0.4, 0.5) is 0 Å². The molecule has 0 aromatic carbocycles. The van der Waals surface area contributed by atoms with Gasteiger partial charge in [0, 0.05) is 25.2 Å². The first kappa shape index (κ1) is 9.96. The maximum Gasteiger partial charge on any atom is 0.0283 e. The van der Waals surface area contributed by atoms with Crippen LogP contribution < -0.4 is 11.2 Å². The number of piperidine rings is 1. The molecule has 1 heterocycles. The van der Waals surface area contributed by atoms with Crippen LogP contribution in [0, 0.1) is 5.92 Å². The van der Waals surface area contributed by atoms with Crippen LogP contribution in [0.25, 0.3) is 0 Å². The van der Waals surface area contributed by atoms with E-state index in [2.05, 4.69) is 31.2 Å². The summed E-state index contributed by atoms with van der Waals surface area (Å²) < 4.78 is 0. The Bertz CT molecular complexity index is 123. The number of hydrazine groups is 1. The molecule has 0 unspecified atom stereocenters. The second-order valence-corrected chi connectivity index (χ2v) is 4.29. The fourth-order valence-electron chi connectivity index (χ4n) is 1.87. The molecule has 12 heavy (non-hydrogen) atoms. The van der Waals surface area contributed by atoms with Gasteiger partial charge in [0.2, 0.25) is 0 Å². The summed E-state index contributed by atoms with van der Waals surface area (Å²) in [4.78, 5) is 0. The van der Waals surface area contributed by atoms with Gasteiger partial charge in [-0.25, -0.2) is 5.01 Å². The molecule has 72 valence electrons. The van der Waals surface area contributed by atoms with Gasteiger partial charge < -0.3 is 5.73 Å². The molecule has 0 aliphatic carbocycles. The van der Waals surface area contributed by atoms with Crippen molar-refractivity contribution in [3.8, 4) is 0 Å². The van der Waals surface area contributed by atoms with Crippen molar-refractivity contribution >= 4 is 0 Å². The average molecular weight is 171 g/mol. The summed E-state index contributed by atoms with van der Waals surface area (Å²) in [6, 6.07) is 0.863. The highest BCUT2D eigenvalue weighted by molar-refractivity contribution is 4.77. The molecule has 0 aromatic heterocycles. The lowest BCUT2D eigenvalue weighted by Crippen LogP contribution is -2.53. The lowest BCUT2D eigenvalue weighted by molar-refractivity contribution is 0.0947. The van der Waals surface area contributed by atoms with E-state index in [1.165, 1.54) is 0 Å². The Balaban J connectivity index is 2.34. The van der Waals surface area contributed by atoms with Crippen molar-refractivity contribution in [1.82, 2.24) is 10.4 Å². The lowest BCUT2D eigenvalue weighted by Gasteiger charge is -2.36. The fraction of sp³-hybridized carbons (Fsp3) is 1.00. The predicted molar refractivity (Wildman–Crippen MR) is 51.6 cm³/mol. The van der Waals surface area contributed by atoms with Gasteiger partial charge in [-0.05, 0) is 26.2 Å². The van der Waals surface area contributed by atoms with Crippen LogP contribution in [0.1, 0.15) is 27.2 Å². The second kappa shape index (κ2) is 4.21. The molecule has 0 saturated carbocycles. The third-order valence-electron chi connectivity index (χ3n) is 2.13. The van der Waals surface area contributed by atoms with Gasteiger partial charge in [0.1, 0.15) is 0 Å². The van der Waals surface area contributed by atoms with Gasteiger partial charge in [0.25, 0.3) is 0 Å². The summed E-state index contributed by atoms with van der Waals surface area (Å²) in [7, 11) is 0. The Hall–Kier alpha value is -0.120. The van der Waals surface area contributed by atoms with E-state index in [0.29, 0.717) is 12.1 Å². The van der Waals surface area contributed by atoms with Gasteiger partial charge in [-0.1, -0.05) is 6.92 Å². The minimum absolute atomic E-state index is 0.347. The summed E-state index contributed by atoms with van der Waals surface area (Å²) in [5.74, 6) is 0.722. The van der Waals surface area contributed by atoms with Gasteiger partial charge in [0.05, 0.1) is 0 Å². The molecule has 1 rings (SSSR count). The molecular formula is C9H21N3. The summed E-state index contributed by atoms with van der Waals surface area (Å²) in [6.45, 7) is 8.69. The Kier molecular flexibility index (Phi) is 3.50. The summed E-state index contributed by atoms with van der Waals surface area (Å²) in [5.41, 5.74) is 9.31. The maximum absolute atomic E-state index is 5.91. The van der Waals surface area contributed by atoms with Crippen molar-refractivity contribution in [2.45, 2.75) is 39.3 Å². The van der Waals surface area contributed by atoms with Crippen LogP contribution in [0.5, 0.6) is 0 Å². The molecule has 1 aliphatic rings. The SMILES string of the molecule is CC(C)NN1C[C@H](C)C[C@H](N)C1. The third-order valence-corrected chi connectivity index (χ3v) is 2.13. The molecule has 0 radical (unpaired) electrons. The lowest BCUT2D eigenvalue weighted by atomic mass is 9.98. The number of hydrogen-bond acceptors (Lipinski definition) is 3. The van der Waals surface area contributed by atoms with Crippen molar-refractivity contribution in [2.24, 2.45) is 11.7 Å². The molecule has 0 bridgehead atoms. The first-order chi connectivity index (χ1) is 5.58. The fourth-order valence-corrected chi connectivity index (χ4v) is 1.87. The number of nitrogens with one attached hydrogen (secondary N) is 1. The topological polar surface area (TPSA) is 41.3 Å². The van der Waals surface area contributed by atoms with E-state index in [1.54, 1.807) is 0 Å². The normalized spacial score (nSPS) is 32.8. The molecule has 2 atom stereocenters. The van der Waals surface area contributed by atoms with Crippen LogP contribution in [-0.2, 0) is 0 Å². The second-order valence-electron chi connectivity index (χ2n) is 4.29. The number of rotatable bonds is 2. The summed E-state index contributed by atoms with van der Waals surface area (Å²) >= 11 is 0. The first-order valence-corrected chi connectivity index (χ1v) is 4.84. The van der Waals surface area contributed by atoms with Gasteiger partial charge >= 0.3 is 0 Å². The number of nitrogens with two attached hydrogens (primary N) is 1. The van der Waals surface area contributed by atoms with Crippen LogP contribution in [-0.4, -0.2) is 30.2 Å². The van der Waals surface area contributed by atoms with E-state index in [0.717, 1.165) is 25.4 Å². The molecule has 3 N–H and O–H groups in total. The van der Waals surface area contributed by atoms with Crippen LogP contribution >= 0.6 is 0 Å². The molecule has 1 aliphatic heterocycles. The zero-order valence-corrected chi connectivity index (χ0v) is 8.38. The van der Waals surface area contributed by atoms with Gasteiger partial charge in [0.15, 0.2) is 0 Å². The Labute approximate surface area is 75.3 Å². The highest BCUT2D eigenvalue weighted by atomic mass is 15.5. The number of hydrogen-bond donors (Lipinski definition) is 2. The van der Waals surface area contributed by atoms with Crippen molar-refractivity contribution in [3.05, 3.63) is 0 Å². The van der Waals surface area contributed by atoms with E-state index < -0.39 is 0 Å². The molecular weight excluding hydrogens is 150 g/mol. The van der Waals surface area contributed by atoms with Crippen LogP contribution in [0.2, 0.25) is 0 Å². The average Bonchev–Trinajstić information content (AvgIpc) is 1.81. The standard InChI is InChI=1S/C9H21N3/c1-7(2)11-12-5-8(3)4-9(10)6-12/h7-9,11H,4-6,10H2,1-3H3/t8-,9+/m1/s1. The molecule has 3 nitrogen and oxygen atoms in total. The number of nitrogens with zero attached hydrogens (tertiary/aromatic N) is 1. The van der Waals surface area contributed by atoms with Crippen molar-refractivity contribution in [1.29, 1.82) is 0 Å². The summed E-state index contributed by atoms with van der Waals surface area (Å²) in [5, 5.41) is 2.25. The van der Waals surface area contributed by atoms with Crippen LogP contribution in [0.3, 0.4) is 0 Å². The van der Waals surface area contributed by atoms with Crippen molar-refractivity contribution in [3.63, 3.8) is 0 Å². The van der Waals surface area contributed by atoms with E-state index in [9.17, 15) is 0 Å². The Morgan fingerprint density at radius 1 is 1.42 bits per heavy atom. The molecule has 0 aromatic rings. The van der Waals surface area contributed by atoms with Gasteiger partial charge in [-0.2, -0.15) is 0 Å². The molecule has 1 saturated heterocycles. The monoisotopic (exact) mass is 171 g/mol. The third kappa shape index (κ3) is 3.09. The Morgan fingerprint density at radius 2 is 2.08 bits per heavy atom. The predicted octanol–water partition coefficient (Wildman–Crippen LogP) is 0.569. The Morgan fingerprint density at radius 3 is 2.58 bits per heavy atom. The molecule has 0 spiro atoms. The van der Waals surface area contributed by atoms with E-state index in [-0.39, 0.29) is 0 Å². The van der Waals surface area contributed by atoms with E-state index in [1.807, 2.05) is 0 Å². The highest BCUT2D eigenvalue weighted by Crippen LogP contribution is 2.13. The van der Waals surface area contributed by atoms with E-state index in [4.69, 9.17) is 5.73 Å². The quantitative estimate of drug-likeness (QED) is 0.638. The first-order valence-electron chi connectivity index (χ1n) is 4.84. The molecule has 3 heteroatoms. The van der Waals surface area contributed by atoms with Gasteiger partial charge in [-0.3, -0.25) is 5.43 Å².